The molecule has 0 spiro atoms. The molecule has 1 saturated heterocycles. The molecule has 1 aromatic heterocycles. The number of anilines is 1. The smallest absolute Gasteiger partial charge is 0.254 e. The molecule has 1 aromatic rings. The summed E-state index contributed by atoms with van der Waals surface area (Å²) in [5.41, 5.74) is 0.722. The highest BCUT2D eigenvalue weighted by Crippen LogP contribution is 2.19. The zero-order chi connectivity index (χ0) is 13.0. The zero-order valence-corrected chi connectivity index (χ0v) is 11.7. The van der Waals surface area contributed by atoms with Crippen LogP contribution in [0.3, 0.4) is 0 Å². The number of nitrogens with one attached hydrogen (secondary N) is 1. The second-order valence-corrected chi connectivity index (χ2v) is 5.53. The number of pyridine rings is 1. The van der Waals surface area contributed by atoms with Crippen molar-refractivity contribution in [3.8, 4) is 0 Å². The van der Waals surface area contributed by atoms with Gasteiger partial charge in [-0.2, -0.15) is 11.8 Å². The molecule has 0 radical (unpaired) electrons. The molecule has 1 unspecified atom stereocenters. The molecule has 18 heavy (non-hydrogen) atoms. The molecule has 1 N–H and O–H groups in total. The highest BCUT2D eigenvalue weighted by atomic mass is 32.2. The van der Waals surface area contributed by atoms with Gasteiger partial charge in [0.1, 0.15) is 5.82 Å². The molecule has 5 heteroatoms. The topological polar surface area (TPSA) is 45.2 Å². The van der Waals surface area contributed by atoms with Crippen LogP contribution in [0.15, 0.2) is 18.3 Å². The minimum Gasteiger partial charge on any atom is -0.370 e. The Balaban J connectivity index is 2.14. The van der Waals surface area contributed by atoms with Crippen molar-refractivity contribution in [3.63, 3.8) is 0 Å². The summed E-state index contributed by atoms with van der Waals surface area (Å²) in [6.45, 7) is 5.77. The summed E-state index contributed by atoms with van der Waals surface area (Å²) in [6, 6.07) is 3.93. The van der Waals surface area contributed by atoms with Crippen LogP contribution in [-0.4, -0.2) is 46.4 Å². The van der Waals surface area contributed by atoms with Gasteiger partial charge in [-0.15, -0.1) is 0 Å². The van der Waals surface area contributed by atoms with E-state index in [1.54, 1.807) is 12.3 Å². The molecular weight excluding hydrogens is 246 g/mol. The Morgan fingerprint density at radius 1 is 1.67 bits per heavy atom. The van der Waals surface area contributed by atoms with Crippen LogP contribution in [0.4, 0.5) is 5.82 Å². The average Bonchev–Trinajstić information content (AvgIpc) is 2.39. The second-order valence-electron chi connectivity index (χ2n) is 4.38. The third-order valence-corrected chi connectivity index (χ3v) is 4.18. The van der Waals surface area contributed by atoms with Gasteiger partial charge in [0.25, 0.3) is 5.91 Å². The number of amides is 1. The maximum absolute atomic E-state index is 12.4. The van der Waals surface area contributed by atoms with Crippen molar-refractivity contribution in [1.29, 1.82) is 0 Å². The van der Waals surface area contributed by atoms with E-state index in [1.165, 1.54) is 0 Å². The van der Waals surface area contributed by atoms with Crippen molar-refractivity contribution in [1.82, 2.24) is 9.88 Å². The van der Waals surface area contributed by atoms with Crippen molar-refractivity contribution < 1.29 is 4.79 Å². The lowest BCUT2D eigenvalue weighted by atomic mass is 10.2. The Morgan fingerprint density at radius 3 is 3.22 bits per heavy atom. The maximum atomic E-state index is 12.4. The number of hydrogen-bond acceptors (Lipinski definition) is 4. The quantitative estimate of drug-likeness (QED) is 0.909. The number of rotatable bonds is 3. The fourth-order valence-corrected chi connectivity index (χ4v) is 3.05. The van der Waals surface area contributed by atoms with E-state index in [-0.39, 0.29) is 5.91 Å². The molecule has 1 fully saturated rings. The number of carbonyl (C=O) groups is 1. The van der Waals surface area contributed by atoms with Crippen LogP contribution in [-0.2, 0) is 0 Å². The standard InChI is InChI=1S/C13H19N3OS/c1-3-14-12-8-11(4-5-15-12)13(17)16-6-7-18-9-10(16)2/h4-5,8,10H,3,6-7,9H2,1-2H3,(H,14,15). The average molecular weight is 265 g/mol. The lowest BCUT2D eigenvalue weighted by Gasteiger charge is -2.33. The van der Waals surface area contributed by atoms with E-state index in [0.717, 1.165) is 36.0 Å². The van der Waals surface area contributed by atoms with Gasteiger partial charge in [0.05, 0.1) is 0 Å². The first kappa shape index (κ1) is 13.2. The highest BCUT2D eigenvalue weighted by molar-refractivity contribution is 7.99. The summed E-state index contributed by atoms with van der Waals surface area (Å²) in [7, 11) is 0. The van der Waals surface area contributed by atoms with Gasteiger partial charge in [-0.25, -0.2) is 4.98 Å². The number of carbonyl (C=O) groups excluding carboxylic acids is 1. The molecule has 1 amide bonds. The van der Waals surface area contributed by atoms with Gasteiger partial charge in [-0.3, -0.25) is 4.79 Å². The van der Waals surface area contributed by atoms with E-state index in [0.29, 0.717) is 6.04 Å². The Hall–Kier alpha value is -1.23. The van der Waals surface area contributed by atoms with Crippen LogP contribution in [0, 0.1) is 0 Å². The Morgan fingerprint density at radius 2 is 2.50 bits per heavy atom. The first-order chi connectivity index (χ1) is 8.72. The first-order valence-electron chi connectivity index (χ1n) is 6.31. The molecule has 1 aliphatic rings. The number of nitrogens with zero attached hydrogens (tertiary/aromatic N) is 2. The number of hydrogen-bond donors (Lipinski definition) is 1. The summed E-state index contributed by atoms with van der Waals surface area (Å²) < 4.78 is 0. The first-order valence-corrected chi connectivity index (χ1v) is 7.46. The second kappa shape index (κ2) is 6.09. The van der Waals surface area contributed by atoms with E-state index in [1.807, 2.05) is 29.7 Å². The minimum atomic E-state index is 0.115. The summed E-state index contributed by atoms with van der Waals surface area (Å²) in [4.78, 5) is 18.6. The monoisotopic (exact) mass is 265 g/mol. The van der Waals surface area contributed by atoms with Crippen LogP contribution in [0.5, 0.6) is 0 Å². The molecule has 0 aliphatic carbocycles. The van der Waals surface area contributed by atoms with E-state index in [2.05, 4.69) is 17.2 Å². The number of thioether (sulfide) groups is 1. The van der Waals surface area contributed by atoms with E-state index < -0.39 is 0 Å². The van der Waals surface area contributed by atoms with Crippen molar-refractivity contribution in [2.24, 2.45) is 0 Å². The largest absolute Gasteiger partial charge is 0.370 e. The minimum absolute atomic E-state index is 0.115. The Labute approximate surface area is 112 Å². The fourth-order valence-electron chi connectivity index (χ4n) is 2.04. The van der Waals surface area contributed by atoms with Crippen LogP contribution in [0.2, 0.25) is 0 Å². The van der Waals surface area contributed by atoms with Crippen molar-refractivity contribution in [2.75, 3.05) is 29.9 Å². The molecule has 0 aromatic carbocycles. The predicted molar refractivity (Wildman–Crippen MR) is 76.2 cm³/mol. The number of aromatic nitrogens is 1. The van der Waals surface area contributed by atoms with E-state index >= 15 is 0 Å². The van der Waals surface area contributed by atoms with Crippen molar-refractivity contribution in [3.05, 3.63) is 23.9 Å². The zero-order valence-electron chi connectivity index (χ0n) is 10.8. The molecule has 2 heterocycles. The van der Waals surface area contributed by atoms with E-state index in [4.69, 9.17) is 0 Å². The third-order valence-electron chi connectivity index (χ3n) is 2.99. The summed E-state index contributed by atoms with van der Waals surface area (Å²) in [5.74, 6) is 2.93. The summed E-state index contributed by atoms with van der Waals surface area (Å²) in [6.07, 6.45) is 1.69. The van der Waals surface area contributed by atoms with Crippen molar-refractivity contribution >= 4 is 23.5 Å². The maximum Gasteiger partial charge on any atom is 0.254 e. The van der Waals surface area contributed by atoms with Gasteiger partial charge < -0.3 is 10.2 Å². The molecule has 0 bridgehead atoms. The van der Waals surface area contributed by atoms with Crippen LogP contribution in [0.25, 0.3) is 0 Å². The third kappa shape index (κ3) is 2.96. The highest BCUT2D eigenvalue weighted by Gasteiger charge is 2.24. The molecule has 1 aliphatic heterocycles. The summed E-state index contributed by atoms with van der Waals surface area (Å²) >= 11 is 1.91. The van der Waals surface area contributed by atoms with Crippen molar-refractivity contribution in [2.45, 2.75) is 19.9 Å². The SMILES string of the molecule is CCNc1cc(C(=O)N2CCSCC2C)ccn1. The van der Waals surface area contributed by atoms with Gasteiger partial charge in [-0.1, -0.05) is 0 Å². The van der Waals surface area contributed by atoms with Gasteiger partial charge >= 0.3 is 0 Å². The predicted octanol–water partition coefficient (Wildman–Crippen LogP) is 2.09. The molecule has 2 rings (SSSR count). The van der Waals surface area contributed by atoms with Gasteiger partial charge in [0.2, 0.25) is 0 Å². The molecule has 0 saturated carbocycles. The van der Waals surface area contributed by atoms with Crippen LogP contribution in [0.1, 0.15) is 24.2 Å². The van der Waals surface area contributed by atoms with Gasteiger partial charge in [0, 0.05) is 42.4 Å². The Bertz CT molecular complexity index is 424. The molecule has 98 valence electrons. The molecule has 4 nitrogen and oxygen atoms in total. The van der Waals surface area contributed by atoms with Crippen LogP contribution >= 0.6 is 11.8 Å². The molecular formula is C13H19N3OS. The van der Waals surface area contributed by atoms with Gasteiger partial charge in [-0.05, 0) is 26.0 Å². The van der Waals surface area contributed by atoms with Gasteiger partial charge in [0.15, 0.2) is 0 Å². The normalized spacial score (nSPS) is 19.7. The van der Waals surface area contributed by atoms with E-state index in [9.17, 15) is 4.79 Å². The fraction of sp³-hybridized carbons (Fsp3) is 0.538. The Kier molecular flexibility index (Phi) is 4.47. The lowest BCUT2D eigenvalue weighted by molar-refractivity contribution is 0.0716. The van der Waals surface area contributed by atoms with Crippen LogP contribution < -0.4 is 5.32 Å². The lowest BCUT2D eigenvalue weighted by Crippen LogP contribution is -2.44. The molecule has 1 atom stereocenters. The summed E-state index contributed by atoms with van der Waals surface area (Å²) in [5, 5.41) is 3.13.